The number of halogens is 2. The summed E-state index contributed by atoms with van der Waals surface area (Å²) in [5.74, 6) is -2.37. The third kappa shape index (κ3) is 4.48. The van der Waals surface area contributed by atoms with Gasteiger partial charge in [0.15, 0.2) is 17.2 Å². The number of aliphatic hydroxyl groups is 1. The van der Waals surface area contributed by atoms with Crippen LogP contribution in [-0.2, 0) is 17.9 Å². The van der Waals surface area contributed by atoms with E-state index in [-0.39, 0.29) is 18.7 Å². The predicted octanol–water partition coefficient (Wildman–Crippen LogP) is 2.31. The fourth-order valence-electron chi connectivity index (χ4n) is 3.35. The fraction of sp³-hybridized carbons (Fsp3) is 0.400. The number of likely N-dealkylation sites (tertiary alicyclic amines) is 1. The van der Waals surface area contributed by atoms with Crippen molar-refractivity contribution in [1.82, 2.24) is 15.2 Å². The summed E-state index contributed by atoms with van der Waals surface area (Å²) in [5.41, 5.74) is 0.251. The minimum absolute atomic E-state index is 0.0653. The lowest BCUT2D eigenvalue weighted by Crippen LogP contribution is -2.57. The molecule has 7 heteroatoms. The molecule has 0 radical (unpaired) electrons. The van der Waals surface area contributed by atoms with E-state index in [4.69, 9.17) is 0 Å². The summed E-state index contributed by atoms with van der Waals surface area (Å²) in [5, 5.41) is 13.9. The predicted molar refractivity (Wildman–Crippen MR) is 96.6 cm³/mol. The molecule has 5 nitrogen and oxygen atoms in total. The highest BCUT2D eigenvalue weighted by molar-refractivity contribution is 5.86. The Morgan fingerprint density at radius 3 is 2.81 bits per heavy atom. The van der Waals surface area contributed by atoms with Crippen molar-refractivity contribution in [3.8, 4) is 0 Å². The number of hydrogen-bond donors (Lipinski definition) is 2. The Morgan fingerprint density at radius 1 is 1.26 bits per heavy atom. The van der Waals surface area contributed by atoms with Crippen molar-refractivity contribution in [2.24, 2.45) is 0 Å². The Kier molecular flexibility index (Phi) is 5.82. The molecular formula is C20H23F2N3O2. The van der Waals surface area contributed by atoms with Gasteiger partial charge in [-0.25, -0.2) is 8.78 Å². The normalized spacial score (nSPS) is 20.1. The topological polar surface area (TPSA) is 65.5 Å². The summed E-state index contributed by atoms with van der Waals surface area (Å²) in [6.45, 7) is 2.73. The first-order valence-electron chi connectivity index (χ1n) is 8.97. The Labute approximate surface area is 157 Å². The quantitative estimate of drug-likeness (QED) is 0.813. The van der Waals surface area contributed by atoms with Crippen LogP contribution in [-0.4, -0.2) is 39.6 Å². The number of carbonyl (C=O) groups is 1. The molecule has 0 aliphatic carbocycles. The zero-order valence-electron chi connectivity index (χ0n) is 15.2. The first-order valence-corrected chi connectivity index (χ1v) is 8.97. The lowest BCUT2D eigenvalue weighted by Gasteiger charge is -2.38. The van der Waals surface area contributed by atoms with E-state index >= 15 is 0 Å². The number of nitrogens with one attached hydrogen (secondary N) is 1. The summed E-state index contributed by atoms with van der Waals surface area (Å²) in [6.07, 6.45) is 0.908. The Hall–Kier alpha value is -2.38. The van der Waals surface area contributed by atoms with Crippen molar-refractivity contribution in [3.63, 3.8) is 0 Å². The third-order valence-electron chi connectivity index (χ3n) is 4.77. The standard InChI is InChI=1S/C20H23F2N3O2/c1-14-5-2-7-16(24-14)11-23-13-20(27)9-4-10-25(19(20)26)12-15-6-3-8-17(21)18(15)22/h2-3,5-8,23,27H,4,9-13H2,1H3/t20-/m0/s1. The van der Waals surface area contributed by atoms with Crippen molar-refractivity contribution in [3.05, 3.63) is 65.0 Å². The van der Waals surface area contributed by atoms with Gasteiger partial charge < -0.3 is 15.3 Å². The van der Waals surface area contributed by atoms with E-state index in [0.717, 1.165) is 17.5 Å². The summed E-state index contributed by atoms with van der Waals surface area (Å²) < 4.78 is 27.3. The number of amides is 1. The summed E-state index contributed by atoms with van der Waals surface area (Å²) in [6, 6.07) is 9.55. The molecule has 1 aliphatic rings. The van der Waals surface area contributed by atoms with Gasteiger partial charge in [-0.1, -0.05) is 18.2 Å². The highest BCUT2D eigenvalue weighted by atomic mass is 19.2. The average Bonchev–Trinajstić information content (AvgIpc) is 2.63. The maximum Gasteiger partial charge on any atom is 0.256 e. The Bertz CT molecular complexity index is 831. The van der Waals surface area contributed by atoms with Gasteiger partial charge in [-0.05, 0) is 38.0 Å². The second-order valence-electron chi connectivity index (χ2n) is 6.95. The maximum atomic E-state index is 13.9. The Morgan fingerprint density at radius 2 is 2.04 bits per heavy atom. The van der Waals surface area contributed by atoms with Crippen LogP contribution in [0.25, 0.3) is 0 Å². The van der Waals surface area contributed by atoms with E-state index < -0.39 is 23.1 Å². The number of nitrogens with zero attached hydrogens (tertiary/aromatic N) is 2. The highest BCUT2D eigenvalue weighted by Gasteiger charge is 2.42. The van der Waals surface area contributed by atoms with Gasteiger partial charge in [-0.15, -0.1) is 0 Å². The first-order chi connectivity index (χ1) is 12.9. The molecule has 2 aromatic rings. The van der Waals surface area contributed by atoms with Crippen LogP contribution in [0, 0.1) is 18.6 Å². The molecule has 3 rings (SSSR count). The zero-order valence-corrected chi connectivity index (χ0v) is 15.2. The summed E-state index contributed by atoms with van der Waals surface area (Å²) in [7, 11) is 0. The lowest BCUT2D eigenvalue weighted by atomic mass is 9.91. The van der Waals surface area contributed by atoms with E-state index in [2.05, 4.69) is 10.3 Å². The van der Waals surface area contributed by atoms with Crippen LogP contribution in [0.3, 0.4) is 0 Å². The molecule has 2 heterocycles. The first kappa shape index (κ1) is 19.4. The van der Waals surface area contributed by atoms with E-state index in [1.807, 2.05) is 25.1 Å². The van der Waals surface area contributed by atoms with Crippen molar-refractivity contribution >= 4 is 5.91 Å². The third-order valence-corrected chi connectivity index (χ3v) is 4.77. The molecule has 144 valence electrons. The van der Waals surface area contributed by atoms with Gasteiger partial charge in [0.1, 0.15) is 0 Å². The zero-order chi connectivity index (χ0) is 19.4. The molecule has 0 unspecified atom stereocenters. The minimum atomic E-state index is -1.56. The highest BCUT2D eigenvalue weighted by Crippen LogP contribution is 2.25. The van der Waals surface area contributed by atoms with Crippen LogP contribution in [0.2, 0.25) is 0 Å². The van der Waals surface area contributed by atoms with Gasteiger partial charge in [0.05, 0.1) is 5.69 Å². The summed E-state index contributed by atoms with van der Waals surface area (Å²) >= 11 is 0. The van der Waals surface area contributed by atoms with E-state index in [1.54, 1.807) is 0 Å². The van der Waals surface area contributed by atoms with Gasteiger partial charge >= 0.3 is 0 Å². The van der Waals surface area contributed by atoms with E-state index in [9.17, 15) is 18.7 Å². The molecule has 1 fully saturated rings. The molecular weight excluding hydrogens is 352 g/mol. The SMILES string of the molecule is Cc1cccc(CNC[C@@]2(O)CCCN(Cc3cccc(F)c3F)C2=O)n1. The second-order valence-corrected chi connectivity index (χ2v) is 6.95. The molecule has 0 bridgehead atoms. The molecule has 1 aromatic carbocycles. The van der Waals surface area contributed by atoms with Crippen molar-refractivity contribution < 1.29 is 18.7 Å². The molecule has 0 saturated carbocycles. The maximum absolute atomic E-state index is 13.9. The number of hydrogen-bond acceptors (Lipinski definition) is 4. The van der Waals surface area contributed by atoms with Crippen LogP contribution in [0.15, 0.2) is 36.4 Å². The summed E-state index contributed by atoms with van der Waals surface area (Å²) in [4.78, 5) is 18.5. The van der Waals surface area contributed by atoms with E-state index in [0.29, 0.717) is 25.9 Å². The van der Waals surface area contributed by atoms with Crippen LogP contribution < -0.4 is 5.32 Å². The molecule has 0 spiro atoms. The largest absolute Gasteiger partial charge is 0.379 e. The van der Waals surface area contributed by atoms with Crippen molar-refractivity contribution in [2.45, 2.75) is 38.5 Å². The lowest BCUT2D eigenvalue weighted by molar-refractivity contribution is -0.157. The molecule has 27 heavy (non-hydrogen) atoms. The van der Waals surface area contributed by atoms with Gasteiger partial charge in [0.25, 0.3) is 5.91 Å². The van der Waals surface area contributed by atoms with Gasteiger partial charge in [0.2, 0.25) is 0 Å². The fourth-order valence-corrected chi connectivity index (χ4v) is 3.35. The number of piperidine rings is 1. The van der Waals surface area contributed by atoms with Crippen molar-refractivity contribution in [1.29, 1.82) is 0 Å². The van der Waals surface area contributed by atoms with Crippen molar-refractivity contribution in [2.75, 3.05) is 13.1 Å². The number of aryl methyl sites for hydroxylation is 1. The molecule has 1 saturated heterocycles. The molecule has 1 aromatic heterocycles. The molecule has 1 aliphatic heterocycles. The number of aromatic nitrogens is 1. The van der Waals surface area contributed by atoms with Crippen LogP contribution in [0.1, 0.15) is 29.8 Å². The van der Waals surface area contributed by atoms with Gasteiger partial charge in [-0.2, -0.15) is 0 Å². The molecule has 1 atom stereocenters. The van der Waals surface area contributed by atoms with Gasteiger partial charge in [-0.3, -0.25) is 9.78 Å². The smallest absolute Gasteiger partial charge is 0.256 e. The van der Waals surface area contributed by atoms with Crippen LogP contribution in [0.4, 0.5) is 8.78 Å². The monoisotopic (exact) mass is 375 g/mol. The second kappa shape index (κ2) is 8.10. The number of pyridine rings is 1. The van der Waals surface area contributed by atoms with E-state index in [1.165, 1.54) is 17.0 Å². The van der Waals surface area contributed by atoms with Crippen LogP contribution in [0.5, 0.6) is 0 Å². The number of carbonyl (C=O) groups excluding carboxylic acids is 1. The van der Waals surface area contributed by atoms with Crippen LogP contribution >= 0.6 is 0 Å². The minimum Gasteiger partial charge on any atom is -0.379 e. The Balaban J connectivity index is 1.63. The number of rotatable bonds is 6. The molecule has 1 amide bonds. The average molecular weight is 375 g/mol. The number of benzene rings is 1. The molecule has 2 N–H and O–H groups in total. The van der Waals surface area contributed by atoms with Gasteiger partial charge in [0, 0.05) is 37.4 Å².